The number of nitrogens with zero attached hydrogens (tertiary/aromatic N) is 2. The Kier molecular flexibility index (Phi) is 3.49. The molecule has 2 aromatic carbocycles. The summed E-state index contributed by atoms with van der Waals surface area (Å²) in [6.07, 6.45) is 0.524. The van der Waals surface area contributed by atoms with E-state index in [9.17, 15) is 9.90 Å². The average molecular weight is 385 g/mol. The van der Waals surface area contributed by atoms with Crippen LogP contribution in [0.4, 0.5) is 0 Å². The van der Waals surface area contributed by atoms with Crippen molar-refractivity contribution in [2.24, 2.45) is 15.9 Å². The maximum Gasteiger partial charge on any atom is 0.260 e. The van der Waals surface area contributed by atoms with Gasteiger partial charge in [0.25, 0.3) is 5.91 Å². The average Bonchev–Trinajstić information content (AvgIpc) is 2.56. The van der Waals surface area contributed by atoms with Crippen LogP contribution in [0, 0.1) is 12.8 Å². The number of carbonyl (C=O) groups excluding carboxylic acids is 1. The van der Waals surface area contributed by atoms with Gasteiger partial charge in [-0.1, -0.05) is 34.1 Å². The molecule has 6 heteroatoms. The molecule has 1 N–H and O–H groups in total. The third kappa shape index (κ3) is 2.43. The van der Waals surface area contributed by atoms with Crippen LogP contribution in [0.2, 0.25) is 0 Å². The van der Waals surface area contributed by atoms with Crippen molar-refractivity contribution in [2.45, 2.75) is 13.3 Å². The van der Waals surface area contributed by atoms with E-state index >= 15 is 0 Å². The van der Waals surface area contributed by atoms with Crippen LogP contribution >= 0.6 is 15.9 Å². The highest BCUT2D eigenvalue weighted by atomic mass is 79.9. The lowest BCUT2D eigenvalue weighted by atomic mass is 9.92. The summed E-state index contributed by atoms with van der Waals surface area (Å²) >= 11 is 3.35. The second kappa shape index (κ2) is 5.56. The van der Waals surface area contributed by atoms with Gasteiger partial charge in [-0.05, 0) is 42.7 Å². The number of amides is 1. The van der Waals surface area contributed by atoms with E-state index in [0.29, 0.717) is 17.9 Å². The van der Waals surface area contributed by atoms with E-state index in [4.69, 9.17) is 4.74 Å². The van der Waals surface area contributed by atoms with Crippen LogP contribution in [0.15, 0.2) is 50.9 Å². The van der Waals surface area contributed by atoms with Gasteiger partial charge in [0.05, 0.1) is 5.56 Å². The van der Waals surface area contributed by atoms with Crippen molar-refractivity contribution in [1.82, 2.24) is 0 Å². The molecule has 120 valence electrons. The summed E-state index contributed by atoms with van der Waals surface area (Å²) in [5.74, 6) is 0.465. The van der Waals surface area contributed by atoms with Crippen molar-refractivity contribution in [3.63, 3.8) is 0 Å². The zero-order valence-corrected chi connectivity index (χ0v) is 14.4. The Morgan fingerprint density at radius 3 is 2.92 bits per heavy atom. The van der Waals surface area contributed by atoms with Crippen LogP contribution in [0.1, 0.15) is 16.7 Å². The van der Waals surface area contributed by atoms with Crippen LogP contribution in [-0.4, -0.2) is 22.7 Å². The number of ether oxygens (including phenoxy) is 1. The number of rotatable bonds is 1. The van der Waals surface area contributed by atoms with E-state index in [0.717, 1.165) is 21.3 Å². The SMILES string of the molecule is Cc1cccc2c1OC1=NC(c3cc(Br)ccc3O)=NC(=O)C1C2. The van der Waals surface area contributed by atoms with Gasteiger partial charge in [0.1, 0.15) is 17.4 Å². The van der Waals surface area contributed by atoms with E-state index in [1.807, 2.05) is 25.1 Å². The fourth-order valence-electron chi connectivity index (χ4n) is 2.92. The monoisotopic (exact) mass is 384 g/mol. The molecule has 0 saturated carbocycles. The number of amidine groups is 1. The van der Waals surface area contributed by atoms with Gasteiger partial charge in [-0.15, -0.1) is 0 Å². The second-order valence-corrected chi connectivity index (χ2v) is 6.72. The minimum Gasteiger partial charge on any atom is -0.507 e. The number of hydrogen-bond acceptors (Lipinski definition) is 4. The Morgan fingerprint density at radius 1 is 1.25 bits per heavy atom. The molecule has 2 aromatic rings. The maximum absolute atomic E-state index is 12.5. The fourth-order valence-corrected chi connectivity index (χ4v) is 3.28. The number of phenols is 1. The number of hydrogen-bond donors (Lipinski definition) is 1. The molecule has 1 unspecified atom stereocenters. The molecule has 2 aliphatic rings. The van der Waals surface area contributed by atoms with Crippen molar-refractivity contribution in [3.05, 3.63) is 57.6 Å². The number of carbonyl (C=O) groups is 1. The van der Waals surface area contributed by atoms with E-state index in [1.165, 1.54) is 6.07 Å². The van der Waals surface area contributed by atoms with Crippen LogP contribution in [0.3, 0.4) is 0 Å². The van der Waals surface area contributed by atoms with Crippen LogP contribution in [0.5, 0.6) is 11.5 Å². The molecule has 5 nitrogen and oxygen atoms in total. The molecule has 0 fully saturated rings. The maximum atomic E-state index is 12.5. The third-order valence-corrected chi connectivity index (χ3v) is 4.65. The largest absolute Gasteiger partial charge is 0.507 e. The molecule has 2 aliphatic heterocycles. The van der Waals surface area contributed by atoms with Gasteiger partial charge in [0.15, 0.2) is 5.84 Å². The standard InChI is InChI=1S/C18H13BrN2O3/c1-9-3-2-4-10-7-13-17(23)20-16(21-18(13)24-15(9)10)12-8-11(19)5-6-14(12)22/h2-6,8,13,22H,7H2,1H3. The van der Waals surface area contributed by atoms with Gasteiger partial charge in [-0.2, -0.15) is 9.98 Å². The van der Waals surface area contributed by atoms with Crippen molar-refractivity contribution >= 4 is 33.6 Å². The minimum absolute atomic E-state index is 0.0138. The Balaban J connectivity index is 1.79. The highest BCUT2D eigenvalue weighted by molar-refractivity contribution is 9.10. The first-order valence-electron chi connectivity index (χ1n) is 7.49. The number of aryl methyl sites for hydroxylation is 1. The smallest absolute Gasteiger partial charge is 0.260 e. The van der Waals surface area contributed by atoms with Crippen molar-refractivity contribution in [3.8, 4) is 11.5 Å². The fraction of sp³-hybridized carbons (Fsp3) is 0.167. The molecule has 1 atom stereocenters. The molecular weight excluding hydrogens is 372 g/mol. The van der Waals surface area contributed by atoms with Gasteiger partial charge in [-0.25, -0.2) is 0 Å². The molecule has 0 spiro atoms. The summed E-state index contributed by atoms with van der Waals surface area (Å²) in [5, 5.41) is 10.0. The van der Waals surface area contributed by atoms with E-state index < -0.39 is 5.92 Å². The van der Waals surface area contributed by atoms with E-state index in [-0.39, 0.29) is 17.5 Å². The third-order valence-electron chi connectivity index (χ3n) is 4.15. The summed E-state index contributed by atoms with van der Waals surface area (Å²) in [4.78, 5) is 20.9. The molecule has 1 amide bonds. The van der Waals surface area contributed by atoms with Gasteiger partial charge >= 0.3 is 0 Å². The first kappa shape index (κ1) is 15.1. The van der Waals surface area contributed by atoms with Gasteiger partial charge < -0.3 is 9.84 Å². The topological polar surface area (TPSA) is 71.2 Å². The summed E-state index contributed by atoms with van der Waals surface area (Å²) < 4.78 is 6.68. The Labute approximate surface area is 146 Å². The first-order valence-corrected chi connectivity index (χ1v) is 8.28. The number of aliphatic imine (C=N–C) groups is 2. The lowest BCUT2D eigenvalue weighted by Gasteiger charge is -2.27. The second-order valence-electron chi connectivity index (χ2n) is 5.81. The van der Waals surface area contributed by atoms with Crippen LogP contribution < -0.4 is 4.74 Å². The number of benzene rings is 2. The molecule has 0 radical (unpaired) electrons. The molecule has 2 heterocycles. The van der Waals surface area contributed by atoms with Crippen molar-refractivity contribution in [1.29, 1.82) is 0 Å². The Morgan fingerprint density at radius 2 is 2.08 bits per heavy atom. The minimum atomic E-state index is -0.502. The highest BCUT2D eigenvalue weighted by Crippen LogP contribution is 2.34. The molecule has 0 aromatic heterocycles. The Hall–Kier alpha value is -2.47. The molecule has 0 bridgehead atoms. The quantitative estimate of drug-likeness (QED) is 0.818. The number of halogens is 1. The molecule has 24 heavy (non-hydrogen) atoms. The zero-order valence-electron chi connectivity index (χ0n) is 12.8. The molecule has 0 aliphatic carbocycles. The number of aromatic hydroxyl groups is 1. The van der Waals surface area contributed by atoms with E-state index in [2.05, 4.69) is 25.9 Å². The molecule has 0 saturated heterocycles. The Bertz CT molecular complexity index is 934. The van der Waals surface area contributed by atoms with Crippen molar-refractivity contribution < 1.29 is 14.6 Å². The van der Waals surface area contributed by atoms with Crippen molar-refractivity contribution in [2.75, 3.05) is 0 Å². The number of fused-ring (bicyclic) bond motifs is 2. The summed E-state index contributed by atoms with van der Waals surface area (Å²) in [7, 11) is 0. The lowest BCUT2D eigenvalue weighted by molar-refractivity contribution is -0.120. The predicted octanol–water partition coefficient (Wildman–Crippen LogP) is 3.40. The summed E-state index contributed by atoms with van der Waals surface area (Å²) in [6.45, 7) is 1.96. The number of phenolic OH excluding ortho intramolecular Hbond substituents is 1. The van der Waals surface area contributed by atoms with Gasteiger partial charge in [0.2, 0.25) is 5.90 Å². The van der Waals surface area contributed by atoms with E-state index in [1.54, 1.807) is 12.1 Å². The number of para-hydroxylation sites is 1. The summed E-state index contributed by atoms with van der Waals surface area (Å²) in [6, 6.07) is 10.8. The molecular formula is C18H13BrN2O3. The molecule has 4 rings (SSSR count). The lowest BCUT2D eigenvalue weighted by Crippen LogP contribution is -2.37. The van der Waals surface area contributed by atoms with Gasteiger partial charge in [0, 0.05) is 4.47 Å². The summed E-state index contributed by atoms with van der Waals surface area (Å²) in [5.41, 5.74) is 2.37. The predicted molar refractivity (Wildman–Crippen MR) is 93.8 cm³/mol. The first-order chi connectivity index (χ1) is 11.5. The zero-order chi connectivity index (χ0) is 16.8. The van der Waals surface area contributed by atoms with Crippen LogP contribution in [0.25, 0.3) is 0 Å². The highest BCUT2D eigenvalue weighted by Gasteiger charge is 2.36. The van der Waals surface area contributed by atoms with Crippen LogP contribution in [-0.2, 0) is 11.2 Å². The van der Waals surface area contributed by atoms with Gasteiger partial charge in [-0.3, -0.25) is 4.79 Å². The normalized spacial score (nSPS) is 18.9.